The van der Waals surface area contributed by atoms with Crippen LogP contribution in [0.3, 0.4) is 0 Å². The number of nitrogens with zero attached hydrogens (tertiary/aromatic N) is 1. The summed E-state index contributed by atoms with van der Waals surface area (Å²) in [6, 6.07) is 27.4. The number of carbonyl (C=O) groups is 1. The molecule has 0 bridgehead atoms. The Balaban J connectivity index is 1.35. The van der Waals surface area contributed by atoms with E-state index in [0.717, 1.165) is 32.6 Å². The molecule has 1 amide bonds. The predicted molar refractivity (Wildman–Crippen MR) is 118 cm³/mol. The van der Waals surface area contributed by atoms with Gasteiger partial charge in [-0.3, -0.25) is 4.79 Å². The number of amides is 1. The quantitative estimate of drug-likeness (QED) is 0.382. The second kappa shape index (κ2) is 8.87. The molecule has 5 heteroatoms. The molecule has 1 heterocycles. The van der Waals surface area contributed by atoms with Gasteiger partial charge >= 0.3 is 0 Å². The molecular formula is C23H18N2OS2. The Kier molecular flexibility index (Phi) is 5.85. The normalized spacial score (nSPS) is 10.6. The lowest BCUT2D eigenvalue weighted by molar-refractivity contribution is 0.102. The van der Waals surface area contributed by atoms with Gasteiger partial charge in [-0.1, -0.05) is 72.4 Å². The maximum atomic E-state index is 12.3. The number of anilines is 1. The van der Waals surface area contributed by atoms with Crippen LogP contribution in [-0.4, -0.2) is 10.9 Å². The van der Waals surface area contributed by atoms with Crippen molar-refractivity contribution in [2.24, 2.45) is 0 Å². The number of thiazole rings is 1. The number of rotatable bonds is 6. The molecule has 0 aliphatic heterocycles. The van der Waals surface area contributed by atoms with E-state index in [2.05, 4.69) is 22.8 Å². The molecule has 0 fully saturated rings. The predicted octanol–water partition coefficient (Wildman–Crippen LogP) is 6.35. The minimum atomic E-state index is -0.0992. The van der Waals surface area contributed by atoms with Gasteiger partial charge in [-0.15, -0.1) is 11.3 Å². The van der Waals surface area contributed by atoms with Crippen molar-refractivity contribution in [2.45, 2.75) is 10.1 Å². The van der Waals surface area contributed by atoms with E-state index in [4.69, 9.17) is 4.98 Å². The van der Waals surface area contributed by atoms with Gasteiger partial charge in [-0.2, -0.15) is 0 Å². The van der Waals surface area contributed by atoms with E-state index in [9.17, 15) is 4.79 Å². The summed E-state index contributed by atoms with van der Waals surface area (Å²) in [4.78, 5) is 17.0. The first-order chi connectivity index (χ1) is 13.8. The van der Waals surface area contributed by atoms with Crippen molar-refractivity contribution in [1.82, 2.24) is 4.98 Å². The summed E-state index contributed by atoms with van der Waals surface area (Å²) in [7, 11) is 0. The zero-order valence-electron chi connectivity index (χ0n) is 15.0. The lowest BCUT2D eigenvalue weighted by atomic mass is 10.1. The van der Waals surface area contributed by atoms with E-state index >= 15 is 0 Å². The molecule has 0 aliphatic rings. The lowest BCUT2D eigenvalue weighted by Gasteiger charge is -2.06. The summed E-state index contributed by atoms with van der Waals surface area (Å²) in [5.74, 6) is 0.723. The highest BCUT2D eigenvalue weighted by molar-refractivity contribution is 8.00. The molecule has 0 unspecified atom stereocenters. The van der Waals surface area contributed by atoms with Crippen LogP contribution < -0.4 is 5.32 Å². The Morgan fingerprint density at radius 1 is 0.893 bits per heavy atom. The Morgan fingerprint density at radius 3 is 2.29 bits per heavy atom. The Morgan fingerprint density at radius 2 is 1.57 bits per heavy atom. The van der Waals surface area contributed by atoms with Gasteiger partial charge in [0.25, 0.3) is 5.91 Å². The molecule has 4 rings (SSSR count). The second-order valence-corrected chi connectivity index (χ2v) is 8.25. The molecule has 0 atom stereocenters. The standard InChI is InChI=1S/C23H18N2OS2/c26-22(24-20-9-5-2-6-10-20)19-13-11-17(12-14-19)15-27-23-25-21(16-28-23)18-7-3-1-4-8-18/h1-14,16H,15H2,(H,24,26). The van der Waals surface area contributed by atoms with Crippen molar-refractivity contribution in [1.29, 1.82) is 0 Å². The summed E-state index contributed by atoms with van der Waals surface area (Å²) in [6.07, 6.45) is 0. The number of para-hydroxylation sites is 1. The van der Waals surface area contributed by atoms with E-state index in [1.54, 1.807) is 23.1 Å². The van der Waals surface area contributed by atoms with Gasteiger partial charge in [0.2, 0.25) is 0 Å². The Bertz CT molecular complexity index is 1040. The summed E-state index contributed by atoms with van der Waals surface area (Å²) < 4.78 is 1.05. The monoisotopic (exact) mass is 402 g/mol. The highest BCUT2D eigenvalue weighted by Gasteiger charge is 2.08. The highest BCUT2D eigenvalue weighted by Crippen LogP contribution is 2.30. The van der Waals surface area contributed by atoms with Crippen LogP contribution in [0.2, 0.25) is 0 Å². The van der Waals surface area contributed by atoms with E-state index in [-0.39, 0.29) is 5.91 Å². The Labute approximate surface area is 172 Å². The third-order valence-corrected chi connectivity index (χ3v) is 6.25. The molecular weight excluding hydrogens is 384 g/mol. The molecule has 4 aromatic rings. The molecule has 0 saturated heterocycles. The van der Waals surface area contributed by atoms with Gasteiger partial charge < -0.3 is 5.32 Å². The number of nitrogens with one attached hydrogen (secondary N) is 1. The molecule has 1 aromatic heterocycles. The van der Waals surface area contributed by atoms with Gasteiger partial charge in [0.05, 0.1) is 5.69 Å². The first kappa shape index (κ1) is 18.5. The molecule has 3 aromatic carbocycles. The molecule has 0 spiro atoms. The Hall–Kier alpha value is -2.89. The zero-order chi connectivity index (χ0) is 19.2. The molecule has 0 radical (unpaired) electrons. The van der Waals surface area contributed by atoms with E-state index < -0.39 is 0 Å². The third kappa shape index (κ3) is 4.68. The van der Waals surface area contributed by atoms with Gasteiger partial charge in [0, 0.05) is 27.9 Å². The largest absolute Gasteiger partial charge is 0.322 e. The topological polar surface area (TPSA) is 42.0 Å². The minimum absolute atomic E-state index is 0.0992. The van der Waals surface area contributed by atoms with Gasteiger partial charge in [-0.25, -0.2) is 4.98 Å². The number of benzene rings is 3. The number of thioether (sulfide) groups is 1. The van der Waals surface area contributed by atoms with Crippen molar-refractivity contribution < 1.29 is 4.79 Å². The molecule has 0 aliphatic carbocycles. The summed E-state index contributed by atoms with van der Waals surface area (Å²) in [6.45, 7) is 0. The number of hydrogen-bond acceptors (Lipinski definition) is 4. The number of aromatic nitrogens is 1. The van der Waals surface area contributed by atoms with E-state index in [1.165, 1.54) is 0 Å². The second-order valence-electron chi connectivity index (χ2n) is 6.17. The SMILES string of the molecule is O=C(Nc1ccccc1)c1ccc(CSc2nc(-c3ccccc3)cs2)cc1. The molecule has 138 valence electrons. The smallest absolute Gasteiger partial charge is 0.255 e. The third-order valence-electron chi connectivity index (χ3n) is 4.16. The average molecular weight is 403 g/mol. The van der Waals surface area contributed by atoms with Crippen molar-refractivity contribution in [3.8, 4) is 11.3 Å². The van der Waals surface area contributed by atoms with E-state index in [0.29, 0.717) is 5.56 Å². The molecule has 0 saturated carbocycles. The van der Waals surface area contributed by atoms with Crippen LogP contribution in [0.15, 0.2) is 94.6 Å². The first-order valence-electron chi connectivity index (χ1n) is 8.87. The fourth-order valence-corrected chi connectivity index (χ4v) is 4.48. The van der Waals surface area contributed by atoms with Crippen LogP contribution in [0.5, 0.6) is 0 Å². The maximum absolute atomic E-state index is 12.3. The minimum Gasteiger partial charge on any atom is -0.322 e. The van der Waals surface area contributed by atoms with Gasteiger partial charge in [0.15, 0.2) is 4.34 Å². The van der Waals surface area contributed by atoms with Crippen molar-refractivity contribution in [3.05, 3.63) is 101 Å². The average Bonchev–Trinajstić information content (AvgIpc) is 3.23. The van der Waals surface area contributed by atoms with Crippen LogP contribution in [0.1, 0.15) is 15.9 Å². The van der Waals surface area contributed by atoms with Crippen LogP contribution >= 0.6 is 23.1 Å². The number of carbonyl (C=O) groups excluding carboxylic acids is 1. The first-order valence-corrected chi connectivity index (χ1v) is 10.7. The fourth-order valence-electron chi connectivity index (χ4n) is 2.69. The molecule has 28 heavy (non-hydrogen) atoms. The summed E-state index contributed by atoms with van der Waals surface area (Å²) in [5.41, 5.74) is 4.77. The van der Waals surface area contributed by atoms with Crippen LogP contribution in [0.25, 0.3) is 11.3 Å². The number of hydrogen-bond donors (Lipinski definition) is 1. The van der Waals surface area contributed by atoms with Crippen molar-refractivity contribution >= 4 is 34.7 Å². The molecule has 1 N–H and O–H groups in total. The zero-order valence-corrected chi connectivity index (χ0v) is 16.7. The van der Waals surface area contributed by atoms with Crippen molar-refractivity contribution in [2.75, 3.05) is 5.32 Å². The van der Waals surface area contributed by atoms with E-state index in [1.807, 2.05) is 72.8 Å². The van der Waals surface area contributed by atoms with Crippen LogP contribution in [0.4, 0.5) is 5.69 Å². The lowest BCUT2D eigenvalue weighted by Crippen LogP contribution is -2.11. The van der Waals surface area contributed by atoms with Gasteiger partial charge in [-0.05, 0) is 29.8 Å². The highest BCUT2D eigenvalue weighted by atomic mass is 32.2. The van der Waals surface area contributed by atoms with Gasteiger partial charge in [0.1, 0.15) is 0 Å². The summed E-state index contributed by atoms with van der Waals surface area (Å²) in [5, 5.41) is 4.99. The fraction of sp³-hybridized carbons (Fsp3) is 0.0435. The molecule has 3 nitrogen and oxygen atoms in total. The van der Waals surface area contributed by atoms with Crippen molar-refractivity contribution in [3.63, 3.8) is 0 Å². The van der Waals surface area contributed by atoms with Crippen LogP contribution in [-0.2, 0) is 5.75 Å². The summed E-state index contributed by atoms with van der Waals surface area (Å²) >= 11 is 3.37. The van der Waals surface area contributed by atoms with Crippen LogP contribution in [0, 0.1) is 0 Å². The maximum Gasteiger partial charge on any atom is 0.255 e.